The van der Waals surface area contributed by atoms with Crippen LogP contribution in [0.4, 0.5) is 4.39 Å². The number of carbonyl (C=O) groups is 1. The summed E-state index contributed by atoms with van der Waals surface area (Å²) in [6.45, 7) is 0.595. The maximum atomic E-state index is 13.1. The summed E-state index contributed by atoms with van der Waals surface area (Å²) in [5, 5.41) is 11.8. The molecule has 1 aromatic heterocycles. The summed E-state index contributed by atoms with van der Waals surface area (Å²) in [6.07, 6.45) is 3.95. The topological polar surface area (TPSA) is 67.2 Å². The summed E-state index contributed by atoms with van der Waals surface area (Å²) < 4.78 is 14.9. The molecule has 7 heteroatoms. The van der Waals surface area contributed by atoms with Crippen molar-refractivity contribution in [3.05, 3.63) is 48.5 Å². The Labute approximate surface area is 132 Å². The number of nitrogens with zero attached hydrogens (tertiary/aromatic N) is 2. The molecule has 2 N–H and O–H groups in total. The van der Waals surface area contributed by atoms with Gasteiger partial charge in [-0.3, -0.25) is 4.79 Å². The number of aliphatic hydroxyl groups excluding tert-OH is 1. The summed E-state index contributed by atoms with van der Waals surface area (Å²) in [5.74, 6) is -0.515. The van der Waals surface area contributed by atoms with E-state index in [1.807, 2.05) is 0 Å². The monoisotopic (exact) mass is 325 g/mol. The molecule has 0 aliphatic rings. The molecule has 2 rings (SSSR count). The molecule has 1 amide bonds. The quantitative estimate of drug-likeness (QED) is 0.798. The molecule has 0 aliphatic heterocycles. The van der Waals surface area contributed by atoms with E-state index in [-0.39, 0.29) is 0 Å². The molecule has 1 aromatic carbocycles. The van der Waals surface area contributed by atoms with Crippen LogP contribution in [0.15, 0.2) is 43.0 Å². The van der Waals surface area contributed by atoms with E-state index in [2.05, 4.69) is 10.3 Å². The first-order valence-corrected chi connectivity index (χ1v) is 7.23. The van der Waals surface area contributed by atoms with Crippen molar-refractivity contribution in [2.75, 3.05) is 6.67 Å². The Bertz CT molecular complexity index is 602. The standard InChI is InChI=1S/C15H17ClFN3O2/c1-10(16)15(22)19-13(8-17)14(21)11-2-4-12(5-3-11)20-7-6-18-9-20/h2-7,9-10,13-14,21H,8H2,1H3,(H,19,22)/t10?,13-,14-/m1/s1. The molecule has 0 radical (unpaired) electrons. The molecule has 22 heavy (non-hydrogen) atoms. The Morgan fingerprint density at radius 1 is 1.45 bits per heavy atom. The van der Waals surface area contributed by atoms with Crippen LogP contribution in [0.5, 0.6) is 0 Å². The first kappa shape index (κ1) is 16.5. The molecule has 1 heterocycles. The highest BCUT2D eigenvalue weighted by atomic mass is 35.5. The number of amides is 1. The Morgan fingerprint density at radius 2 is 2.14 bits per heavy atom. The van der Waals surface area contributed by atoms with Gasteiger partial charge >= 0.3 is 0 Å². The highest BCUT2D eigenvalue weighted by Crippen LogP contribution is 2.19. The number of halogens is 2. The normalized spacial score (nSPS) is 15.1. The van der Waals surface area contributed by atoms with Gasteiger partial charge < -0.3 is 15.0 Å². The van der Waals surface area contributed by atoms with Crippen molar-refractivity contribution in [2.24, 2.45) is 0 Å². The van der Waals surface area contributed by atoms with Gasteiger partial charge in [0.05, 0.1) is 12.4 Å². The lowest BCUT2D eigenvalue weighted by molar-refractivity contribution is -0.122. The molecule has 3 atom stereocenters. The SMILES string of the molecule is CC(Cl)C(=O)N[C@H](CF)[C@H](O)c1ccc(-n2ccnc2)cc1. The average molecular weight is 326 g/mol. The van der Waals surface area contributed by atoms with Gasteiger partial charge in [0.15, 0.2) is 0 Å². The minimum Gasteiger partial charge on any atom is -0.386 e. The lowest BCUT2D eigenvalue weighted by atomic mass is 10.0. The van der Waals surface area contributed by atoms with Gasteiger partial charge in [-0.15, -0.1) is 11.6 Å². The molecular formula is C15H17ClFN3O2. The number of imidazole rings is 1. The molecule has 5 nitrogen and oxygen atoms in total. The third-order valence-corrected chi connectivity index (χ3v) is 3.47. The van der Waals surface area contributed by atoms with Crippen LogP contribution in [0.1, 0.15) is 18.6 Å². The molecular weight excluding hydrogens is 309 g/mol. The first-order chi connectivity index (χ1) is 10.5. The summed E-state index contributed by atoms with van der Waals surface area (Å²) >= 11 is 5.63. The average Bonchev–Trinajstić information content (AvgIpc) is 3.06. The predicted molar refractivity (Wildman–Crippen MR) is 81.7 cm³/mol. The number of aliphatic hydroxyl groups is 1. The summed E-state index contributed by atoms with van der Waals surface area (Å²) in [4.78, 5) is 15.5. The van der Waals surface area contributed by atoms with Crippen molar-refractivity contribution in [1.82, 2.24) is 14.9 Å². The zero-order chi connectivity index (χ0) is 16.1. The van der Waals surface area contributed by atoms with E-state index in [0.29, 0.717) is 5.56 Å². The van der Waals surface area contributed by atoms with Gasteiger partial charge in [0.1, 0.15) is 18.2 Å². The Hall–Kier alpha value is -1.92. The Kier molecular flexibility index (Phi) is 5.51. The number of nitrogens with one attached hydrogen (secondary N) is 1. The number of alkyl halides is 2. The van der Waals surface area contributed by atoms with E-state index in [1.54, 1.807) is 47.6 Å². The predicted octanol–water partition coefficient (Wildman–Crippen LogP) is 1.99. The maximum Gasteiger partial charge on any atom is 0.238 e. The molecule has 0 saturated heterocycles. The first-order valence-electron chi connectivity index (χ1n) is 6.79. The summed E-state index contributed by atoms with van der Waals surface area (Å²) in [5.41, 5.74) is 1.37. The van der Waals surface area contributed by atoms with Crippen molar-refractivity contribution < 1.29 is 14.3 Å². The molecule has 0 saturated carbocycles. The van der Waals surface area contributed by atoms with Crippen LogP contribution in [0.25, 0.3) is 5.69 Å². The van der Waals surface area contributed by atoms with E-state index < -0.39 is 30.1 Å². The summed E-state index contributed by atoms with van der Waals surface area (Å²) in [6, 6.07) is 5.88. The minimum atomic E-state index is -1.15. The number of hydrogen-bond donors (Lipinski definition) is 2. The number of benzene rings is 1. The molecule has 0 spiro atoms. The van der Waals surface area contributed by atoms with Gasteiger partial charge in [0.25, 0.3) is 0 Å². The van der Waals surface area contributed by atoms with E-state index >= 15 is 0 Å². The summed E-state index contributed by atoms with van der Waals surface area (Å²) in [7, 11) is 0. The van der Waals surface area contributed by atoms with Crippen molar-refractivity contribution in [3.8, 4) is 5.69 Å². The van der Waals surface area contributed by atoms with E-state index in [1.165, 1.54) is 6.92 Å². The lowest BCUT2D eigenvalue weighted by Gasteiger charge is -2.22. The van der Waals surface area contributed by atoms with E-state index in [9.17, 15) is 14.3 Å². The van der Waals surface area contributed by atoms with Crippen LogP contribution in [0, 0.1) is 0 Å². The second kappa shape index (κ2) is 7.38. The third kappa shape index (κ3) is 3.84. The highest BCUT2D eigenvalue weighted by molar-refractivity contribution is 6.30. The molecule has 1 unspecified atom stereocenters. The van der Waals surface area contributed by atoms with Crippen LogP contribution < -0.4 is 5.32 Å². The number of hydrogen-bond acceptors (Lipinski definition) is 3. The maximum absolute atomic E-state index is 13.1. The second-order valence-electron chi connectivity index (χ2n) is 4.89. The fourth-order valence-corrected chi connectivity index (χ4v) is 2.05. The molecule has 0 fully saturated rings. The van der Waals surface area contributed by atoms with Crippen molar-refractivity contribution in [1.29, 1.82) is 0 Å². The smallest absolute Gasteiger partial charge is 0.238 e. The van der Waals surface area contributed by atoms with Crippen LogP contribution in [0.3, 0.4) is 0 Å². The number of aromatic nitrogens is 2. The van der Waals surface area contributed by atoms with Gasteiger partial charge in [-0.25, -0.2) is 9.37 Å². The fraction of sp³-hybridized carbons (Fsp3) is 0.333. The van der Waals surface area contributed by atoms with E-state index in [4.69, 9.17) is 11.6 Å². The number of rotatable bonds is 6. The van der Waals surface area contributed by atoms with Gasteiger partial charge in [0.2, 0.25) is 5.91 Å². The minimum absolute atomic E-state index is 0.508. The van der Waals surface area contributed by atoms with E-state index in [0.717, 1.165) is 5.69 Å². The van der Waals surface area contributed by atoms with Crippen LogP contribution >= 0.6 is 11.6 Å². The van der Waals surface area contributed by atoms with Crippen LogP contribution in [-0.2, 0) is 4.79 Å². The van der Waals surface area contributed by atoms with Gasteiger partial charge in [-0.2, -0.15) is 0 Å². The molecule has 2 aromatic rings. The Balaban J connectivity index is 2.10. The lowest BCUT2D eigenvalue weighted by Crippen LogP contribution is -2.43. The van der Waals surface area contributed by atoms with Crippen molar-refractivity contribution in [3.63, 3.8) is 0 Å². The number of carbonyl (C=O) groups excluding carboxylic acids is 1. The zero-order valence-corrected chi connectivity index (χ0v) is 12.7. The highest BCUT2D eigenvalue weighted by Gasteiger charge is 2.24. The zero-order valence-electron chi connectivity index (χ0n) is 12.0. The van der Waals surface area contributed by atoms with Crippen LogP contribution in [0.2, 0.25) is 0 Å². The van der Waals surface area contributed by atoms with Crippen molar-refractivity contribution >= 4 is 17.5 Å². The third-order valence-electron chi connectivity index (χ3n) is 3.27. The van der Waals surface area contributed by atoms with Crippen LogP contribution in [-0.4, -0.2) is 38.7 Å². The molecule has 118 valence electrons. The molecule has 0 aliphatic carbocycles. The van der Waals surface area contributed by atoms with Gasteiger partial charge in [0, 0.05) is 18.1 Å². The fourth-order valence-electron chi connectivity index (χ4n) is 1.99. The largest absolute Gasteiger partial charge is 0.386 e. The Morgan fingerprint density at radius 3 is 2.64 bits per heavy atom. The van der Waals surface area contributed by atoms with Gasteiger partial charge in [-0.1, -0.05) is 12.1 Å². The second-order valence-corrected chi connectivity index (χ2v) is 5.55. The van der Waals surface area contributed by atoms with Gasteiger partial charge in [-0.05, 0) is 24.6 Å². The molecule has 0 bridgehead atoms. The van der Waals surface area contributed by atoms with Crippen molar-refractivity contribution in [2.45, 2.75) is 24.4 Å².